The van der Waals surface area contributed by atoms with Crippen LogP contribution in [0.3, 0.4) is 0 Å². The highest BCUT2D eigenvalue weighted by molar-refractivity contribution is 14.1. The molecule has 4 nitrogen and oxygen atoms in total. The van der Waals surface area contributed by atoms with Gasteiger partial charge in [-0.3, -0.25) is 19.0 Å². The number of halogens is 2. The molecule has 0 aliphatic heterocycles. The van der Waals surface area contributed by atoms with E-state index in [0.717, 1.165) is 0 Å². The van der Waals surface area contributed by atoms with Gasteiger partial charge < -0.3 is 0 Å². The molecule has 0 spiro atoms. The average molecular weight is 392 g/mol. The van der Waals surface area contributed by atoms with Gasteiger partial charge in [0.2, 0.25) is 0 Å². The predicted molar refractivity (Wildman–Crippen MR) is 62.4 cm³/mol. The SMILES string of the molecule is Cn1c(=O)c(I)c(I)c(=O)n1C. The zero-order valence-corrected chi connectivity index (χ0v) is 10.8. The van der Waals surface area contributed by atoms with E-state index in [1.807, 2.05) is 45.2 Å². The predicted octanol–water partition coefficient (Wildman–Crippen LogP) is 0.293. The lowest BCUT2D eigenvalue weighted by atomic mass is 10.5. The van der Waals surface area contributed by atoms with Gasteiger partial charge in [-0.05, 0) is 45.2 Å². The van der Waals surface area contributed by atoms with E-state index < -0.39 is 0 Å². The van der Waals surface area contributed by atoms with Crippen LogP contribution in [0, 0.1) is 7.14 Å². The number of rotatable bonds is 0. The molecular formula is C6H6I2N2O2. The molecule has 0 N–H and O–H groups in total. The molecule has 0 fully saturated rings. The lowest BCUT2D eigenvalue weighted by molar-refractivity contribution is 0.527. The fraction of sp³-hybridized carbons (Fsp3) is 0.333. The van der Waals surface area contributed by atoms with Crippen LogP contribution < -0.4 is 11.1 Å². The van der Waals surface area contributed by atoms with Crippen molar-refractivity contribution in [2.24, 2.45) is 14.1 Å². The summed E-state index contributed by atoms with van der Waals surface area (Å²) in [6.07, 6.45) is 0. The van der Waals surface area contributed by atoms with Crippen LogP contribution in [0.1, 0.15) is 0 Å². The Morgan fingerprint density at radius 2 is 1.17 bits per heavy atom. The normalized spacial score (nSPS) is 10.3. The molecule has 0 bridgehead atoms. The van der Waals surface area contributed by atoms with Gasteiger partial charge in [0.1, 0.15) is 0 Å². The van der Waals surface area contributed by atoms with Crippen LogP contribution in [-0.2, 0) is 14.1 Å². The van der Waals surface area contributed by atoms with Crippen LogP contribution in [-0.4, -0.2) is 9.36 Å². The third kappa shape index (κ3) is 1.45. The second-order valence-electron chi connectivity index (χ2n) is 2.29. The maximum Gasteiger partial charge on any atom is 0.279 e. The van der Waals surface area contributed by atoms with E-state index in [-0.39, 0.29) is 11.1 Å². The van der Waals surface area contributed by atoms with Gasteiger partial charge in [-0.15, -0.1) is 0 Å². The lowest BCUT2D eigenvalue weighted by Crippen LogP contribution is -2.38. The Morgan fingerprint density at radius 3 is 1.42 bits per heavy atom. The highest BCUT2D eigenvalue weighted by Gasteiger charge is 2.09. The number of nitrogens with zero attached hydrogens (tertiary/aromatic N) is 2. The molecular weight excluding hydrogens is 386 g/mol. The van der Waals surface area contributed by atoms with E-state index in [4.69, 9.17) is 0 Å². The zero-order valence-electron chi connectivity index (χ0n) is 6.47. The van der Waals surface area contributed by atoms with Crippen molar-refractivity contribution in [2.75, 3.05) is 0 Å². The van der Waals surface area contributed by atoms with Gasteiger partial charge in [0.05, 0.1) is 7.14 Å². The molecule has 0 saturated carbocycles. The third-order valence-corrected chi connectivity index (χ3v) is 4.64. The Hall–Kier alpha value is 0.140. The molecule has 1 rings (SSSR count). The van der Waals surface area contributed by atoms with Gasteiger partial charge >= 0.3 is 0 Å². The Labute approximate surface area is 95.8 Å². The Bertz CT molecular complexity index is 356. The first-order chi connectivity index (χ1) is 5.46. The number of aromatic nitrogens is 2. The maximum absolute atomic E-state index is 11.4. The van der Waals surface area contributed by atoms with Gasteiger partial charge in [0, 0.05) is 14.1 Å². The van der Waals surface area contributed by atoms with Gasteiger partial charge in [0.25, 0.3) is 11.1 Å². The fourth-order valence-electron chi connectivity index (χ4n) is 0.744. The van der Waals surface area contributed by atoms with E-state index in [1.165, 1.54) is 9.36 Å². The van der Waals surface area contributed by atoms with Gasteiger partial charge in [0.15, 0.2) is 0 Å². The average Bonchev–Trinajstić information content (AvgIpc) is 2.08. The minimum Gasteiger partial charge on any atom is -0.267 e. The summed E-state index contributed by atoms with van der Waals surface area (Å²) in [6, 6.07) is 0. The summed E-state index contributed by atoms with van der Waals surface area (Å²) < 4.78 is 3.57. The molecule has 12 heavy (non-hydrogen) atoms. The minimum absolute atomic E-state index is 0.137. The van der Waals surface area contributed by atoms with Crippen LogP contribution in [0.2, 0.25) is 0 Å². The Kier molecular flexibility index (Phi) is 2.97. The molecule has 0 aliphatic rings. The van der Waals surface area contributed by atoms with Crippen molar-refractivity contribution >= 4 is 45.2 Å². The van der Waals surface area contributed by atoms with E-state index in [2.05, 4.69) is 0 Å². The Balaban J connectivity index is 3.86. The fourth-order valence-corrected chi connectivity index (χ4v) is 1.90. The van der Waals surface area contributed by atoms with Gasteiger partial charge in [-0.1, -0.05) is 0 Å². The van der Waals surface area contributed by atoms with Crippen molar-refractivity contribution in [2.45, 2.75) is 0 Å². The van der Waals surface area contributed by atoms with Crippen molar-refractivity contribution in [3.8, 4) is 0 Å². The summed E-state index contributed by atoms with van der Waals surface area (Å²) in [5.41, 5.74) is -0.274. The molecule has 1 aromatic rings. The first-order valence-corrected chi connectivity index (χ1v) is 5.24. The summed E-state index contributed by atoms with van der Waals surface area (Å²) >= 11 is 3.77. The van der Waals surface area contributed by atoms with E-state index in [1.54, 1.807) is 14.1 Å². The zero-order chi connectivity index (χ0) is 9.46. The van der Waals surface area contributed by atoms with Crippen molar-refractivity contribution in [1.82, 2.24) is 9.36 Å². The molecule has 0 aromatic carbocycles. The highest BCUT2D eigenvalue weighted by Crippen LogP contribution is 2.04. The van der Waals surface area contributed by atoms with Crippen LogP contribution in [0.25, 0.3) is 0 Å². The standard InChI is InChI=1S/C6H6I2N2O2/c1-9-5(11)3(7)4(8)6(12)10(9)2/h1-2H3. The number of hydrogen-bond acceptors (Lipinski definition) is 2. The molecule has 66 valence electrons. The van der Waals surface area contributed by atoms with E-state index >= 15 is 0 Å². The summed E-state index contributed by atoms with van der Waals surface area (Å²) in [4.78, 5) is 22.7. The molecule has 0 atom stereocenters. The molecule has 0 radical (unpaired) electrons. The maximum atomic E-state index is 11.4. The van der Waals surface area contributed by atoms with E-state index in [9.17, 15) is 9.59 Å². The highest BCUT2D eigenvalue weighted by atomic mass is 127. The first-order valence-electron chi connectivity index (χ1n) is 3.08. The molecule has 0 saturated heterocycles. The van der Waals surface area contributed by atoms with Crippen molar-refractivity contribution in [3.63, 3.8) is 0 Å². The van der Waals surface area contributed by atoms with Crippen molar-refractivity contribution in [3.05, 3.63) is 27.8 Å². The van der Waals surface area contributed by atoms with E-state index in [0.29, 0.717) is 7.14 Å². The van der Waals surface area contributed by atoms with Crippen LogP contribution in [0.4, 0.5) is 0 Å². The summed E-state index contributed by atoms with van der Waals surface area (Å²) in [5, 5.41) is 0. The molecule has 0 amide bonds. The van der Waals surface area contributed by atoms with Crippen LogP contribution in [0.5, 0.6) is 0 Å². The summed E-state index contributed by atoms with van der Waals surface area (Å²) in [5.74, 6) is 0. The second kappa shape index (κ2) is 3.48. The van der Waals surface area contributed by atoms with Crippen molar-refractivity contribution < 1.29 is 0 Å². The van der Waals surface area contributed by atoms with Crippen molar-refractivity contribution in [1.29, 1.82) is 0 Å². The Morgan fingerprint density at radius 1 is 0.917 bits per heavy atom. The lowest BCUT2D eigenvalue weighted by Gasteiger charge is -2.06. The van der Waals surface area contributed by atoms with Crippen LogP contribution >= 0.6 is 45.2 Å². The molecule has 6 heteroatoms. The summed E-state index contributed by atoms with van der Waals surface area (Å²) in [7, 11) is 3.14. The molecule has 0 unspecified atom stereocenters. The summed E-state index contributed by atoms with van der Waals surface area (Å²) in [6.45, 7) is 0. The molecule has 1 heterocycles. The molecule has 0 aliphatic carbocycles. The van der Waals surface area contributed by atoms with Crippen LogP contribution in [0.15, 0.2) is 9.59 Å². The third-order valence-electron chi connectivity index (χ3n) is 1.61. The van der Waals surface area contributed by atoms with Gasteiger partial charge in [-0.25, -0.2) is 0 Å². The topological polar surface area (TPSA) is 44.0 Å². The monoisotopic (exact) mass is 392 g/mol. The quantitative estimate of drug-likeness (QED) is 0.597. The largest absolute Gasteiger partial charge is 0.279 e. The van der Waals surface area contributed by atoms with Gasteiger partial charge in [-0.2, -0.15) is 0 Å². The minimum atomic E-state index is -0.137. The second-order valence-corrected chi connectivity index (χ2v) is 4.44. The molecule has 1 aromatic heterocycles. The first kappa shape index (κ1) is 10.2. The smallest absolute Gasteiger partial charge is 0.267 e. The number of hydrogen-bond donors (Lipinski definition) is 0.